The Kier molecular flexibility index (Phi) is 5.27. The molecule has 21 heavy (non-hydrogen) atoms. The molecule has 1 aliphatic rings. The number of nitrogens with one attached hydrogen (secondary N) is 1. The smallest absolute Gasteiger partial charge is 0.310 e. The number of hydrogen-bond donors (Lipinski definition) is 2. The van der Waals surface area contributed by atoms with Gasteiger partial charge in [-0.25, -0.2) is 0 Å². The number of carboxylic acids is 1. The number of amides is 1. The molecular formula is C15H17BrClNO3. The first-order valence-corrected chi connectivity index (χ1v) is 8.04. The molecule has 0 bridgehead atoms. The second kappa shape index (κ2) is 6.79. The number of carboxylic acid groups (broad SMARTS) is 1. The third-order valence-electron chi connectivity index (χ3n) is 3.99. The molecule has 114 valence electrons. The van der Waals surface area contributed by atoms with Gasteiger partial charge in [0.05, 0.1) is 5.41 Å². The molecule has 0 aliphatic heterocycles. The molecular weight excluding hydrogens is 358 g/mol. The van der Waals surface area contributed by atoms with E-state index in [-0.39, 0.29) is 12.3 Å². The van der Waals surface area contributed by atoms with Crippen LogP contribution in [0.25, 0.3) is 0 Å². The summed E-state index contributed by atoms with van der Waals surface area (Å²) in [5, 5.41) is 12.6. The summed E-state index contributed by atoms with van der Waals surface area (Å²) in [6.45, 7) is 0.466. The minimum Gasteiger partial charge on any atom is -0.481 e. The Labute approximate surface area is 137 Å². The molecule has 0 unspecified atom stereocenters. The first-order valence-electron chi connectivity index (χ1n) is 6.87. The fourth-order valence-corrected chi connectivity index (χ4v) is 3.15. The Balaban J connectivity index is 1.82. The Bertz CT molecular complexity index is 558. The Hall–Kier alpha value is -1.07. The number of rotatable bonds is 6. The van der Waals surface area contributed by atoms with Crippen molar-refractivity contribution in [3.8, 4) is 0 Å². The third-order valence-corrected chi connectivity index (χ3v) is 5.00. The van der Waals surface area contributed by atoms with E-state index in [9.17, 15) is 14.7 Å². The average Bonchev–Trinajstić information content (AvgIpc) is 2.37. The van der Waals surface area contributed by atoms with Gasteiger partial charge >= 0.3 is 5.97 Å². The van der Waals surface area contributed by atoms with Crippen molar-refractivity contribution in [2.75, 3.05) is 6.54 Å². The molecule has 1 aromatic rings. The molecule has 1 saturated carbocycles. The van der Waals surface area contributed by atoms with E-state index in [4.69, 9.17) is 11.6 Å². The molecule has 0 heterocycles. The van der Waals surface area contributed by atoms with Crippen molar-refractivity contribution in [2.45, 2.75) is 32.1 Å². The SMILES string of the molecule is O=C(CC1(C(=O)O)CCC1)NCCc1cc(Cl)ccc1Br. The molecule has 0 radical (unpaired) electrons. The second-order valence-electron chi connectivity index (χ2n) is 5.45. The van der Waals surface area contributed by atoms with Crippen molar-refractivity contribution in [2.24, 2.45) is 5.41 Å². The van der Waals surface area contributed by atoms with E-state index in [0.29, 0.717) is 30.8 Å². The summed E-state index contributed by atoms with van der Waals surface area (Å²) in [7, 11) is 0. The predicted octanol–water partition coefficient (Wildman–Crippen LogP) is 3.41. The van der Waals surface area contributed by atoms with Crippen molar-refractivity contribution in [3.05, 3.63) is 33.3 Å². The van der Waals surface area contributed by atoms with Gasteiger partial charge in [-0.15, -0.1) is 0 Å². The summed E-state index contributed by atoms with van der Waals surface area (Å²) in [5.41, 5.74) is 0.181. The van der Waals surface area contributed by atoms with Crippen LogP contribution in [-0.4, -0.2) is 23.5 Å². The van der Waals surface area contributed by atoms with Crippen LogP contribution in [0.1, 0.15) is 31.2 Å². The van der Waals surface area contributed by atoms with Crippen LogP contribution < -0.4 is 5.32 Å². The largest absolute Gasteiger partial charge is 0.481 e. The average molecular weight is 375 g/mol. The highest BCUT2D eigenvalue weighted by molar-refractivity contribution is 9.10. The predicted molar refractivity (Wildman–Crippen MR) is 84.4 cm³/mol. The quantitative estimate of drug-likeness (QED) is 0.802. The molecule has 1 fully saturated rings. The fourth-order valence-electron chi connectivity index (χ4n) is 2.51. The summed E-state index contributed by atoms with van der Waals surface area (Å²) in [6, 6.07) is 5.51. The molecule has 1 aromatic carbocycles. The number of carbonyl (C=O) groups excluding carboxylic acids is 1. The standard InChI is InChI=1S/C15H17BrClNO3/c16-12-3-2-11(17)8-10(12)4-7-18-13(19)9-15(14(20)21)5-1-6-15/h2-3,8H,1,4-7,9H2,(H,18,19)(H,20,21). The molecule has 2 rings (SSSR count). The van der Waals surface area contributed by atoms with E-state index >= 15 is 0 Å². The number of halogens is 2. The van der Waals surface area contributed by atoms with Gasteiger partial charge in [-0.1, -0.05) is 34.0 Å². The first-order chi connectivity index (χ1) is 9.93. The van der Waals surface area contributed by atoms with E-state index in [1.807, 2.05) is 12.1 Å². The summed E-state index contributed by atoms with van der Waals surface area (Å²) in [6.07, 6.45) is 2.78. The second-order valence-corrected chi connectivity index (χ2v) is 6.74. The lowest BCUT2D eigenvalue weighted by Gasteiger charge is -2.36. The Morgan fingerprint density at radius 1 is 1.38 bits per heavy atom. The monoisotopic (exact) mass is 373 g/mol. The van der Waals surface area contributed by atoms with Gasteiger partial charge in [-0.2, -0.15) is 0 Å². The first kappa shape index (κ1) is 16.3. The lowest BCUT2D eigenvalue weighted by atomic mass is 9.66. The lowest BCUT2D eigenvalue weighted by molar-refractivity contribution is -0.157. The molecule has 0 saturated heterocycles. The molecule has 0 atom stereocenters. The normalized spacial score (nSPS) is 16.1. The zero-order chi connectivity index (χ0) is 15.5. The zero-order valence-corrected chi connectivity index (χ0v) is 13.8. The molecule has 2 N–H and O–H groups in total. The van der Waals surface area contributed by atoms with E-state index in [0.717, 1.165) is 16.5 Å². The number of carbonyl (C=O) groups is 2. The van der Waals surface area contributed by atoms with Gasteiger partial charge < -0.3 is 10.4 Å². The number of benzene rings is 1. The van der Waals surface area contributed by atoms with Crippen LogP contribution in [0.3, 0.4) is 0 Å². The topological polar surface area (TPSA) is 66.4 Å². The van der Waals surface area contributed by atoms with Crippen LogP contribution >= 0.6 is 27.5 Å². The van der Waals surface area contributed by atoms with Gasteiger partial charge in [0.15, 0.2) is 0 Å². The van der Waals surface area contributed by atoms with Gasteiger partial charge in [0.2, 0.25) is 5.91 Å². The van der Waals surface area contributed by atoms with Gasteiger partial charge in [0.1, 0.15) is 0 Å². The zero-order valence-electron chi connectivity index (χ0n) is 11.5. The summed E-state index contributed by atoms with van der Waals surface area (Å²) >= 11 is 9.37. The van der Waals surface area contributed by atoms with Crippen LogP contribution in [0.4, 0.5) is 0 Å². The van der Waals surface area contributed by atoms with Crippen molar-refractivity contribution in [1.29, 1.82) is 0 Å². The summed E-state index contributed by atoms with van der Waals surface area (Å²) in [5.74, 6) is -1.06. The molecule has 1 aliphatic carbocycles. The fraction of sp³-hybridized carbons (Fsp3) is 0.467. The summed E-state index contributed by atoms with van der Waals surface area (Å²) < 4.78 is 0.946. The van der Waals surface area contributed by atoms with Crippen molar-refractivity contribution >= 4 is 39.4 Å². The maximum atomic E-state index is 11.9. The van der Waals surface area contributed by atoms with Crippen LogP contribution in [-0.2, 0) is 16.0 Å². The molecule has 0 aromatic heterocycles. The highest BCUT2D eigenvalue weighted by Gasteiger charge is 2.45. The Morgan fingerprint density at radius 3 is 2.67 bits per heavy atom. The van der Waals surface area contributed by atoms with Gasteiger partial charge in [0.25, 0.3) is 0 Å². The summed E-state index contributed by atoms with van der Waals surface area (Å²) in [4.78, 5) is 23.1. The minimum absolute atomic E-state index is 0.0685. The lowest BCUT2D eigenvalue weighted by Crippen LogP contribution is -2.42. The van der Waals surface area contributed by atoms with Crippen LogP contribution in [0.5, 0.6) is 0 Å². The molecule has 4 nitrogen and oxygen atoms in total. The number of hydrogen-bond acceptors (Lipinski definition) is 2. The highest BCUT2D eigenvalue weighted by atomic mass is 79.9. The van der Waals surface area contributed by atoms with Gasteiger partial charge in [-0.05, 0) is 43.0 Å². The minimum atomic E-state index is -0.860. The molecule has 1 amide bonds. The van der Waals surface area contributed by atoms with Crippen LogP contribution in [0.15, 0.2) is 22.7 Å². The van der Waals surface area contributed by atoms with Crippen LogP contribution in [0.2, 0.25) is 5.02 Å². The van der Waals surface area contributed by atoms with E-state index < -0.39 is 11.4 Å². The van der Waals surface area contributed by atoms with E-state index in [1.165, 1.54) is 0 Å². The maximum Gasteiger partial charge on any atom is 0.310 e. The van der Waals surface area contributed by atoms with Crippen LogP contribution in [0, 0.1) is 5.41 Å². The molecule has 6 heteroatoms. The van der Waals surface area contributed by atoms with Crippen molar-refractivity contribution in [3.63, 3.8) is 0 Å². The third kappa shape index (κ3) is 3.98. The highest BCUT2D eigenvalue weighted by Crippen LogP contribution is 2.44. The van der Waals surface area contributed by atoms with E-state index in [2.05, 4.69) is 21.2 Å². The maximum absolute atomic E-state index is 11.9. The number of aliphatic carboxylic acids is 1. The van der Waals surface area contributed by atoms with Crippen molar-refractivity contribution in [1.82, 2.24) is 5.32 Å². The van der Waals surface area contributed by atoms with Crippen molar-refractivity contribution < 1.29 is 14.7 Å². The Morgan fingerprint density at radius 2 is 2.10 bits per heavy atom. The van der Waals surface area contributed by atoms with Gasteiger partial charge in [0, 0.05) is 22.5 Å². The van der Waals surface area contributed by atoms with E-state index in [1.54, 1.807) is 6.07 Å². The van der Waals surface area contributed by atoms with Gasteiger partial charge in [-0.3, -0.25) is 9.59 Å². The molecule has 0 spiro atoms.